The van der Waals surface area contributed by atoms with Crippen LogP contribution < -0.4 is 5.32 Å². The van der Waals surface area contributed by atoms with Gasteiger partial charge in [-0.25, -0.2) is 0 Å². The largest absolute Gasteiger partial charge is 0.354 e. The number of benzene rings is 1. The van der Waals surface area contributed by atoms with Gasteiger partial charge in [0.05, 0.1) is 0 Å². The van der Waals surface area contributed by atoms with E-state index in [4.69, 9.17) is 0 Å². The Kier molecular flexibility index (Phi) is 6.08. The highest BCUT2D eigenvalue weighted by molar-refractivity contribution is 5.86. The number of amides is 2. The molecule has 2 saturated heterocycles. The Bertz CT molecular complexity index is 590. The predicted molar refractivity (Wildman–Crippen MR) is 97.9 cm³/mol. The second kappa shape index (κ2) is 8.48. The number of hydrogen-bond donors (Lipinski definition) is 1. The minimum Gasteiger partial charge on any atom is -0.354 e. The van der Waals surface area contributed by atoms with Crippen LogP contribution in [0.15, 0.2) is 30.3 Å². The zero-order valence-corrected chi connectivity index (χ0v) is 15.1. The Morgan fingerprint density at radius 3 is 2.72 bits per heavy atom. The van der Waals surface area contributed by atoms with E-state index < -0.39 is 0 Å². The van der Waals surface area contributed by atoms with Crippen molar-refractivity contribution in [1.29, 1.82) is 0 Å². The SMILES string of the molecule is CN1CC[C@@H](C(=O)NC[C@H]2CCCCN2Cc2ccccc2)CC1=O. The Morgan fingerprint density at radius 1 is 1.16 bits per heavy atom. The van der Waals surface area contributed by atoms with Crippen LogP contribution in [-0.2, 0) is 16.1 Å². The molecule has 2 aliphatic heterocycles. The third kappa shape index (κ3) is 4.82. The van der Waals surface area contributed by atoms with Crippen molar-refractivity contribution < 1.29 is 9.59 Å². The second-order valence-electron chi connectivity index (χ2n) is 7.36. The summed E-state index contributed by atoms with van der Waals surface area (Å²) in [4.78, 5) is 28.5. The van der Waals surface area contributed by atoms with Crippen LogP contribution in [0.25, 0.3) is 0 Å². The zero-order valence-electron chi connectivity index (χ0n) is 15.1. The molecule has 0 aromatic heterocycles. The highest BCUT2D eigenvalue weighted by Crippen LogP contribution is 2.20. The molecular formula is C20H29N3O2. The Hall–Kier alpha value is -1.88. The summed E-state index contributed by atoms with van der Waals surface area (Å²) in [5.74, 6) is -0.0312. The van der Waals surface area contributed by atoms with Crippen molar-refractivity contribution in [3.63, 3.8) is 0 Å². The molecule has 25 heavy (non-hydrogen) atoms. The van der Waals surface area contributed by atoms with E-state index in [9.17, 15) is 9.59 Å². The molecular weight excluding hydrogens is 314 g/mol. The van der Waals surface area contributed by atoms with Crippen LogP contribution in [0.3, 0.4) is 0 Å². The molecule has 3 rings (SSSR count). The molecule has 1 aromatic rings. The van der Waals surface area contributed by atoms with Crippen molar-refractivity contribution in [3.8, 4) is 0 Å². The molecule has 1 N–H and O–H groups in total. The van der Waals surface area contributed by atoms with Crippen molar-refractivity contribution >= 4 is 11.8 Å². The van der Waals surface area contributed by atoms with Crippen molar-refractivity contribution in [2.75, 3.05) is 26.7 Å². The van der Waals surface area contributed by atoms with Crippen LogP contribution in [0, 0.1) is 5.92 Å². The summed E-state index contributed by atoms with van der Waals surface area (Å²) in [5, 5.41) is 3.12. The quantitative estimate of drug-likeness (QED) is 0.890. The van der Waals surface area contributed by atoms with Crippen molar-refractivity contribution in [2.45, 2.75) is 44.7 Å². The van der Waals surface area contributed by atoms with Crippen LogP contribution in [0.1, 0.15) is 37.7 Å². The normalized spacial score (nSPS) is 25.0. The monoisotopic (exact) mass is 343 g/mol. The molecule has 1 aromatic carbocycles. The second-order valence-corrected chi connectivity index (χ2v) is 7.36. The van der Waals surface area contributed by atoms with Gasteiger partial charge in [0.25, 0.3) is 0 Å². The molecule has 2 aliphatic rings. The first-order chi connectivity index (χ1) is 12.1. The minimum absolute atomic E-state index is 0.0479. The molecule has 2 atom stereocenters. The maximum Gasteiger partial charge on any atom is 0.223 e. The molecule has 2 heterocycles. The van der Waals surface area contributed by atoms with Crippen LogP contribution in [0.4, 0.5) is 0 Å². The average Bonchev–Trinajstić information content (AvgIpc) is 2.64. The van der Waals surface area contributed by atoms with Gasteiger partial charge in [-0.2, -0.15) is 0 Å². The van der Waals surface area contributed by atoms with Gasteiger partial charge < -0.3 is 10.2 Å². The molecule has 0 radical (unpaired) electrons. The molecule has 0 aliphatic carbocycles. The number of carbonyl (C=O) groups is 2. The Labute approximate surface area is 150 Å². The molecule has 136 valence electrons. The third-order valence-corrected chi connectivity index (χ3v) is 5.52. The standard InChI is InChI=1S/C20H29N3O2/c1-22-12-10-17(13-19(22)24)20(25)21-14-18-9-5-6-11-23(18)15-16-7-3-2-4-8-16/h2-4,7-8,17-18H,5-6,9-15H2,1H3,(H,21,25)/t17-,18-/m1/s1. The number of rotatable bonds is 5. The van der Waals surface area contributed by atoms with E-state index in [-0.39, 0.29) is 17.7 Å². The number of nitrogens with one attached hydrogen (secondary N) is 1. The van der Waals surface area contributed by atoms with Gasteiger partial charge in [-0.3, -0.25) is 14.5 Å². The van der Waals surface area contributed by atoms with Gasteiger partial charge in [-0.05, 0) is 31.4 Å². The molecule has 2 fully saturated rings. The van der Waals surface area contributed by atoms with Crippen molar-refractivity contribution in [1.82, 2.24) is 15.1 Å². The number of piperidine rings is 2. The Morgan fingerprint density at radius 2 is 1.96 bits per heavy atom. The first-order valence-corrected chi connectivity index (χ1v) is 9.43. The van der Waals surface area contributed by atoms with E-state index in [1.54, 1.807) is 11.9 Å². The molecule has 0 bridgehead atoms. The summed E-state index contributed by atoms with van der Waals surface area (Å²) in [5.41, 5.74) is 1.32. The lowest BCUT2D eigenvalue weighted by Gasteiger charge is -2.36. The van der Waals surface area contributed by atoms with Gasteiger partial charge in [0.2, 0.25) is 11.8 Å². The lowest BCUT2D eigenvalue weighted by molar-refractivity contribution is -0.139. The van der Waals surface area contributed by atoms with Gasteiger partial charge >= 0.3 is 0 Å². The lowest BCUT2D eigenvalue weighted by Crippen LogP contribution is -2.48. The smallest absolute Gasteiger partial charge is 0.223 e. The maximum absolute atomic E-state index is 12.5. The highest BCUT2D eigenvalue weighted by Gasteiger charge is 2.29. The molecule has 0 unspecified atom stereocenters. The fraction of sp³-hybridized carbons (Fsp3) is 0.600. The molecule has 5 nitrogen and oxygen atoms in total. The van der Waals surface area contributed by atoms with E-state index in [1.165, 1.54) is 18.4 Å². The summed E-state index contributed by atoms with van der Waals surface area (Å²) >= 11 is 0. The fourth-order valence-corrected chi connectivity index (χ4v) is 3.85. The van der Waals surface area contributed by atoms with E-state index in [0.717, 1.165) is 25.9 Å². The first-order valence-electron chi connectivity index (χ1n) is 9.43. The minimum atomic E-state index is -0.158. The third-order valence-electron chi connectivity index (χ3n) is 5.52. The molecule has 2 amide bonds. The highest BCUT2D eigenvalue weighted by atomic mass is 16.2. The van der Waals surface area contributed by atoms with Gasteiger partial charge in [0, 0.05) is 45.1 Å². The number of hydrogen-bond acceptors (Lipinski definition) is 3. The van der Waals surface area contributed by atoms with Crippen molar-refractivity contribution in [2.24, 2.45) is 5.92 Å². The summed E-state index contributed by atoms with van der Waals surface area (Å²) < 4.78 is 0. The molecule has 0 spiro atoms. The molecule has 5 heteroatoms. The zero-order chi connectivity index (χ0) is 17.6. The van der Waals surface area contributed by atoms with E-state index in [1.807, 2.05) is 6.07 Å². The van der Waals surface area contributed by atoms with Gasteiger partial charge in [0.15, 0.2) is 0 Å². The summed E-state index contributed by atoms with van der Waals surface area (Å²) in [6.07, 6.45) is 4.69. The number of carbonyl (C=O) groups excluding carboxylic acids is 2. The topological polar surface area (TPSA) is 52.7 Å². The average molecular weight is 343 g/mol. The summed E-state index contributed by atoms with van der Waals surface area (Å²) in [7, 11) is 1.81. The van der Waals surface area contributed by atoms with Gasteiger partial charge in [-0.15, -0.1) is 0 Å². The number of likely N-dealkylation sites (tertiary alicyclic amines) is 2. The first kappa shape index (κ1) is 17.9. The maximum atomic E-state index is 12.5. The Balaban J connectivity index is 1.51. The molecule has 0 saturated carbocycles. The van der Waals surface area contributed by atoms with Crippen LogP contribution in [-0.4, -0.2) is 54.3 Å². The van der Waals surface area contributed by atoms with E-state index >= 15 is 0 Å². The van der Waals surface area contributed by atoms with E-state index in [0.29, 0.717) is 25.6 Å². The van der Waals surface area contributed by atoms with Gasteiger partial charge in [0.1, 0.15) is 0 Å². The number of nitrogens with zero attached hydrogens (tertiary/aromatic N) is 2. The predicted octanol–water partition coefficient (Wildman–Crippen LogP) is 2.03. The van der Waals surface area contributed by atoms with Crippen LogP contribution >= 0.6 is 0 Å². The van der Waals surface area contributed by atoms with Crippen LogP contribution in [0.5, 0.6) is 0 Å². The fourth-order valence-electron chi connectivity index (χ4n) is 3.85. The van der Waals surface area contributed by atoms with Gasteiger partial charge in [-0.1, -0.05) is 36.8 Å². The summed E-state index contributed by atoms with van der Waals surface area (Å²) in [6.45, 7) is 3.39. The summed E-state index contributed by atoms with van der Waals surface area (Å²) in [6, 6.07) is 10.9. The van der Waals surface area contributed by atoms with Crippen molar-refractivity contribution in [3.05, 3.63) is 35.9 Å². The lowest BCUT2D eigenvalue weighted by atomic mass is 9.95. The van der Waals surface area contributed by atoms with E-state index in [2.05, 4.69) is 34.5 Å². The van der Waals surface area contributed by atoms with Crippen LogP contribution in [0.2, 0.25) is 0 Å².